The standard InChI is InChI=1S/C24H32O10/c25-23-7-3-4-8-24(26)34-20-16-30-12-10-28-14-18-32-22-6-2-1-5-21(22)31-17-13-27-9-11-29-15-19-33-23/h1-8H,9-20H2/b7-3-,8-4+. The summed E-state index contributed by atoms with van der Waals surface area (Å²) in [5, 5.41) is 0. The number of ether oxygens (including phenoxy) is 8. The quantitative estimate of drug-likeness (QED) is 0.509. The van der Waals surface area contributed by atoms with Gasteiger partial charge < -0.3 is 37.9 Å². The van der Waals surface area contributed by atoms with Gasteiger partial charge in [-0.3, -0.25) is 0 Å². The average molecular weight is 481 g/mol. The van der Waals surface area contributed by atoms with E-state index in [1.807, 2.05) is 24.3 Å². The van der Waals surface area contributed by atoms with E-state index in [-0.39, 0.29) is 26.4 Å². The molecule has 0 bridgehead atoms. The molecular weight excluding hydrogens is 448 g/mol. The van der Waals surface area contributed by atoms with Crippen molar-refractivity contribution in [3.63, 3.8) is 0 Å². The molecule has 2 rings (SSSR count). The van der Waals surface area contributed by atoms with Crippen molar-refractivity contribution < 1.29 is 47.5 Å². The summed E-state index contributed by atoms with van der Waals surface area (Å²) in [6.07, 6.45) is 5.19. The summed E-state index contributed by atoms with van der Waals surface area (Å²) in [5.41, 5.74) is 0. The molecule has 0 unspecified atom stereocenters. The molecule has 188 valence electrons. The van der Waals surface area contributed by atoms with E-state index >= 15 is 0 Å². The van der Waals surface area contributed by atoms with Crippen molar-refractivity contribution in [3.8, 4) is 11.5 Å². The van der Waals surface area contributed by atoms with Crippen molar-refractivity contribution in [2.24, 2.45) is 0 Å². The molecule has 0 fully saturated rings. The van der Waals surface area contributed by atoms with Gasteiger partial charge in [-0.25, -0.2) is 9.59 Å². The molecule has 0 aliphatic carbocycles. The van der Waals surface area contributed by atoms with E-state index in [4.69, 9.17) is 37.9 Å². The summed E-state index contributed by atoms with van der Waals surface area (Å²) in [6.45, 7) is 3.73. The molecule has 1 aliphatic heterocycles. The molecule has 1 aromatic rings. The first-order valence-electron chi connectivity index (χ1n) is 11.1. The fraction of sp³-hybridized carbons (Fsp3) is 0.500. The van der Waals surface area contributed by atoms with Gasteiger partial charge in [-0.1, -0.05) is 24.3 Å². The minimum atomic E-state index is -0.539. The minimum absolute atomic E-state index is 0.111. The highest BCUT2D eigenvalue weighted by Crippen LogP contribution is 2.26. The Morgan fingerprint density at radius 3 is 1.15 bits per heavy atom. The van der Waals surface area contributed by atoms with Gasteiger partial charge in [0.2, 0.25) is 0 Å². The Balaban J connectivity index is 1.75. The van der Waals surface area contributed by atoms with Crippen LogP contribution in [0.25, 0.3) is 0 Å². The molecular formula is C24H32O10. The zero-order chi connectivity index (χ0) is 24.1. The van der Waals surface area contributed by atoms with Crippen molar-refractivity contribution in [2.45, 2.75) is 0 Å². The predicted octanol–water partition coefficient (Wildman–Crippen LogP) is 1.72. The highest BCUT2D eigenvalue weighted by atomic mass is 16.6. The van der Waals surface area contributed by atoms with Gasteiger partial charge in [-0.2, -0.15) is 0 Å². The lowest BCUT2D eigenvalue weighted by molar-refractivity contribution is -0.140. The maximum absolute atomic E-state index is 11.6. The van der Waals surface area contributed by atoms with E-state index in [0.717, 1.165) is 0 Å². The first kappa shape index (κ1) is 27.3. The molecule has 1 aromatic carbocycles. The van der Waals surface area contributed by atoms with Crippen LogP contribution in [0.2, 0.25) is 0 Å². The summed E-state index contributed by atoms with van der Waals surface area (Å²) in [7, 11) is 0. The summed E-state index contributed by atoms with van der Waals surface area (Å²) in [5.74, 6) is 0.171. The molecule has 0 amide bonds. The Bertz CT molecular complexity index is 699. The lowest BCUT2D eigenvalue weighted by Crippen LogP contribution is -2.15. The summed E-state index contributed by atoms with van der Waals surface area (Å²) < 4.78 is 43.1. The fourth-order valence-corrected chi connectivity index (χ4v) is 2.52. The number of hydrogen-bond acceptors (Lipinski definition) is 10. The third-order valence-corrected chi connectivity index (χ3v) is 4.08. The second-order valence-electron chi connectivity index (χ2n) is 6.65. The Morgan fingerprint density at radius 2 is 0.765 bits per heavy atom. The Labute approximate surface area is 199 Å². The number of esters is 2. The highest BCUT2D eigenvalue weighted by molar-refractivity contribution is 5.84. The number of benzene rings is 1. The first-order valence-corrected chi connectivity index (χ1v) is 11.1. The zero-order valence-corrected chi connectivity index (χ0v) is 19.2. The molecule has 0 atom stereocenters. The van der Waals surface area contributed by atoms with Crippen molar-refractivity contribution in [3.05, 3.63) is 48.6 Å². The predicted molar refractivity (Wildman–Crippen MR) is 121 cm³/mol. The van der Waals surface area contributed by atoms with Gasteiger partial charge in [0.15, 0.2) is 11.5 Å². The van der Waals surface area contributed by atoms with Gasteiger partial charge in [0.05, 0.1) is 52.9 Å². The van der Waals surface area contributed by atoms with Crippen LogP contribution in [0, 0.1) is 0 Å². The Morgan fingerprint density at radius 1 is 0.441 bits per heavy atom. The third-order valence-electron chi connectivity index (χ3n) is 4.08. The molecule has 1 heterocycles. The van der Waals surface area contributed by atoms with Gasteiger partial charge in [0.25, 0.3) is 0 Å². The molecule has 0 N–H and O–H groups in total. The molecule has 0 saturated carbocycles. The second kappa shape index (κ2) is 18.5. The van der Waals surface area contributed by atoms with Crippen LogP contribution >= 0.6 is 0 Å². The molecule has 10 nitrogen and oxygen atoms in total. The molecule has 0 aromatic heterocycles. The van der Waals surface area contributed by atoms with E-state index in [0.29, 0.717) is 64.4 Å². The van der Waals surface area contributed by atoms with Crippen LogP contribution in [0.3, 0.4) is 0 Å². The van der Waals surface area contributed by atoms with Crippen molar-refractivity contribution >= 4 is 11.9 Å². The number of fused-ring (bicyclic) bond motifs is 1. The van der Waals surface area contributed by atoms with Gasteiger partial charge in [0.1, 0.15) is 26.4 Å². The van der Waals surface area contributed by atoms with Crippen LogP contribution in [0.5, 0.6) is 11.5 Å². The maximum atomic E-state index is 11.6. The van der Waals surface area contributed by atoms with Crippen molar-refractivity contribution in [1.29, 1.82) is 0 Å². The van der Waals surface area contributed by atoms with E-state index < -0.39 is 11.9 Å². The van der Waals surface area contributed by atoms with Crippen LogP contribution < -0.4 is 9.47 Å². The topological polar surface area (TPSA) is 108 Å². The number of carbonyl (C=O) groups is 2. The smallest absolute Gasteiger partial charge is 0.330 e. The fourth-order valence-electron chi connectivity index (χ4n) is 2.52. The number of rotatable bonds is 0. The molecule has 0 radical (unpaired) electrons. The largest absolute Gasteiger partial charge is 0.487 e. The zero-order valence-electron chi connectivity index (χ0n) is 19.2. The summed E-state index contributed by atoms with van der Waals surface area (Å²) >= 11 is 0. The first-order chi connectivity index (χ1) is 16.8. The molecule has 1 aliphatic rings. The summed E-state index contributed by atoms with van der Waals surface area (Å²) in [6, 6.07) is 7.38. The lowest BCUT2D eigenvalue weighted by atomic mass is 10.3. The summed E-state index contributed by atoms with van der Waals surface area (Å²) in [4.78, 5) is 23.1. The van der Waals surface area contributed by atoms with Crippen molar-refractivity contribution in [1.82, 2.24) is 0 Å². The molecule has 0 saturated heterocycles. The van der Waals surface area contributed by atoms with E-state index in [1.54, 1.807) is 0 Å². The van der Waals surface area contributed by atoms with Crippen LogP contribution in [0.1, 0.15) is 0 Å². The SMILES string of the molecule is O=C1/C=C\C=C\C(=O)OCCOCCOCCOc2ccccc2OCCOCCOCCO1. The second-order valence-corrected chi connectivity index (χ2v) is 6.65. The van der Waals surface area contributed by atoms with Gasteiger partial charge in [-0.05, 0) is 12.1 Å². The van der Waals surface area contributed by atoms with E-state index in [9.17, 15) is 9.59 Å². The van der Waals surface area contributed by atoms with Gasteiger partial charge >= 0.3 is 11.9 Å². The monoisotopic (exact) mass is 480 g/mol. The van der Waals surface area contributed by atoms with Crippen LogP contribution in [-0.2, 0) is 38.0 Å². The van der Waals surface area contributed by atoms with Gasteiger partial charge in [0, 0.05) is 12.2 Å². The van der Waals surface area contributed by atoms with Gasteiger partial charge in [-0.15, -0.1) is 0 Å². The molecule has 34 heavy (non-hydrogen) atoms. The van der Waals surface area contributed by atoms with Crippen LogP contribution in [0.15, 0.2) is 48.6 Å². The van der Waals surface area contributed by atoms with E-state index in [1.165, 1.54) is 24.3 Å². The number of carbonyl (C=O) groups excluding carboxylic acids is 2. The highest BCUT2D eigenvalue weighted by Gasteiger charge is 2.04. The average Bonchev–Trinajstić information content (AvgIpc) is 2.84. The number of para-hydroxylation sites is 2. The Hall–Kier alpha value is -2.92. The lowest BCUT2D eigenvalue weighted by Gasteiger charge is -2.13. The van der Waals surface area contributed by atoms with Crippen LogP contribution in [0.4, 0.5) is 0 Å². The number of hydrogen-bond donors (Lipinski definition) is 0. The Kier molecular flexibility index (Phi) is 14.9. The van der Waals surface area contributed by atoms with Crippen molar-refractivity contribution in [2.75, 3.05) is 79.3 Å². The molecule has 0 spiro atoms. The molecule has 10 heteroatoms. The minimum Gasteiger partial charge on any atom is -0.487 e. The number of allylic oxidation sites excluding steroid dienone is 2. The van der Waals surface area contributed by atoms with E-state index in [2.05, 4.69) is 0 Å². The third kappa shape index (κ3) is 13.6. The number of cyclic esters (lactones) is 2. The van der Waals surface area contributed by atoms with Crippen LogP contribution in [-0.4, -0.2) is 91.2 Å². The normalized spacial score (nSPS) is 21.2. The maximum Gasteiger partial charge on any atom is 0.330 e.